The van der Waals surface area contributed by atoms with Crippen molar-refractivity contribution in [2.75, 3.05) is 20.2 Å². The molecule has 2 atom stereocenters. The molecule has 1 N–H and O–H groups in total. The summed E-state index contributed by atoms with van der Waals surface area (Å²) in [6.45, 7) is 1.17. The van der Waals surface area contributed by atoms with Crippen LogP contribution in [0.25, 0.3) is 0 Å². The van der Waals surface area contributed by atoms with E-state index in [1.807, 2.05) is 0 Å². The van der Waals surface area contributed by atoms with Gasteiger partial charge in [0.1, 0.15) is 5.82 Å². The van der Waals surface area contributed by atoms with E-state index >= 15 is 0 Å². The summed E-state index contributed by atoms with van der Waals surface area (Å²) in [4.78, 5) is 0. The standard InChI is InChI=1S/C13H15F4NO/c1-18-7-9-4-5-19-12(9)8-2-3-11(14)10(6-8)13(15,16)17/h2-3,6,9,12,18H,4-5,7H2,1H3. The van der Waals surface area contributed by atoms with Crippen LogP contribution in [0.2, 0.25) is 0 Å². The van der Waals surface area contributed by atoms with Crippen LogP contribution in [0.15, 0.2) is 18.2 Å². The molecule has 0 aromatic heterocycles. The van der Waals surface area contributed by atoms with Gasteiger partial charge in [-0.1, -0.05) is 6.07 Å². The van der Waals surface area contributed by atoms with Gasteiger partial charge in [0, 0.05) is 19.1 Å². The Hall–Kier alpha value is -1.14. The SMILES string of the molecule is CNCC1CCOC1c1ccc(F)c(C(F)(F)F)c1. The molecule has 1 aliphatic rings. The van der Waals surface area contributed by atoms with Crippen LogP contribution in [0.3, 0.4) is 0 Å². The van der Waals surface area contributed by atoms with Crippen molar-refractivity contribution in [2.24, 2.45) is 5.92 Å². The summed E-state index contributed by atoms with van der Waals surface area (Å²) >= 11 is 0. The van der Waals surface area contributed by atoms with E-state index < -0.39 is 23.7 Å². The van der Waals surface area contributed by atoms with Crippen LogP contribution in [-0.4, -0.2) is 20.2 Å². The van der Waals surface area contributed by atoms with Gasteiger partial charge in [0.05, 0.1) is 11.7 Å². The van der Waals surface area contributed by atoms with E-state index in [1.165, 1.54) is 6.07 Å². The van der Waals surface area contributed by atoms with Crippen molar-refractivity contribution >= 4 is 0 Å². The van der Waals surface area contributed by atoms with Crippen LogP contribution in [-0.2, 0) is 10.9 Å². The minimum atomic E-state index is -4.68. The van der Waals surface area contributed by atoms with Gasteiger partial charge in [0.25, 0.3) is 0 Å². The lowest BCUT2D eigenvalue weighted by atomic mass is 9.94. The van der Waals surface area contributed by atoms with Crippen molar-refractivity contribution in [2.45, 2.75) is 18.7 Å². The molecular formula is C13H15F4NO. The number of alkyl halides is 3. The third-order valence-electron chi connectivity index (χ3n) is 3.30. The molecule has 1 aromatic carbocycles. The van der Waals surface area contributed by atoms with Crippen LogP contribution >= 0.6 is 0 Å². The van der Waals surface area contributed by atoms with Crippen LogP contribution in [0, 0.1) is 11.7 Å². The first kappa shape index (κ1) is 14.3. The van der Waals surface area contributed by atoms with Crippen molar-refractivity contribution in [1.82, 2.24) is 5.32 Å². The first-order valence-corrected chi connectivity index (χ1v) is 6.06. The molecule has 1 saturated heterocycles. The molecule has 0 saturated carbocycles. The summed E-state index contributed by atoms with van der Waals surface area (Å²) < 4.78 is 56.7. The van der Waals surface area contributed by atoms with Crippen molar-refractivity contribution in [3.63, 3.8) is 0 Å². The molecule has 1 aromatic rings. The molecule has 106 valence electrons. The second kappa shape index (κ2) is 5.46. The maximum absolute atomic E-state index is 13.2. The molecule has 2 rings (SSSR count). The summed E-state index contributed by atoms with van der Waals surface area (Å²) in [5.41, 5.74) is -0.852. The molecule has 1 aliphatic heterocycles. The van der Waals surface area contributed by atoms with Gasteiger partial charge in [-0.15, -0.1) is 0 Å². The summed E-state index contributed by atoms with van der Waals surface area (Å²) in [6, 6.07) is 3.08. The Labute approximate surface area is 108 Å². The Morgan fingerprint density at radius 1 is 1.37 bits per heavy atom. The molecule has 19 heavy (non-hydrogen) atoms. The Balaban J connectivity index is 2.30. The van der Waals surface area contributed by atoms with E-state index in [4.69, 9.17) is 4.74 Å². The molecule has 1 heterocycles. The third-order valence-corrected chi connectivity index (χ3v) is 3.30. The van der Waals surface area contributed by atoms with Crippen LogP contribution in [0.4, 0.5) is 17.6 Å². The molecule has 2 nitrogen and oxygen atoms in total. The fraction of sp³-hybridized carbons (Fsp3) is 0.538. The zero-order chi connectivity index (χ0) is 14.0. The zero-order valence-electron chi connectivity index (χ0n) is 10.4. The van der Waals surface area contributed by atoms with Gasteiger partial charge in [-0.05, 0) is 31.2 Å². The summed E-state index contributed by atoms with van der Waals surface area (Å²) in [5.74, 6) is -1.14. The molecule has 0 aliphatic carbocycles. The minimum absolute atomic E-state index is 0.108. The smallest absolute Gasteiger partial charge is 0.373 e. The Kier molecular flexibility index (Phi) is 4.10. The number of nitrogens with one attached hydrogen (secondary N) is 1. The summed E-state index contributed by atoms with van der Waals surface area (Å²) in [5, 5.41) is 2.99. The average molecular weight is 277 g/mol. The molecule has 0 bridgehead atoms. The van der Waals surface area contributed by atoms with Gasteiger partial charge in [-0.3, -0.25) is 0 Å². The monoisotopic (exact) mass is 277 g/mol. The van der Waals surface area contributed by atoms with Gasteiger partial charge in [-0.2, -0.15) is 13.2 Å². The van der Waals surface area contributed by atoms with Crippen molar-refractivity contribution in [1.29, 1.82) is 0 Å². The van der Waals surface area contributed by atoms with E-state index in [0.717, 1.165) is 18.6 Å². The van der Waals surface area contributed by atoms with E-state index in [0.29, 0.717) is 18.7 Å². The minimum Gasteiger partial charge on any atom is -0.373 e. The predicted molar refractivity (Wildman–Crippen MR) is 62.1 cm³/mol. The Morgan fingerprint density at radius 2 is 2.11 bits per heavy atom. The molecule has 1 fully saturated rings. The topological polar surface area (TPSA) is 21.3 Å². The number of hydrogen-bond acceptors (Lipinski definition) is 2. The largest absolute Gasteiger partial charge is 0.419 e. The fourth-order valence-corrected chi connectivity index (χ4v) is 2.41. The summed E-state index contributed by atoms with van der Waals surface area (Å²) in [6.07, 6.45) is -4.31. The summed E-state index contributed by atoms with van der Waals surface area (Å²) in [7, 11) is 1.78. The second-order valence-electron chi connectivity index (χ2n) is 4.63. The van der Waals surface area contributed by atoms with E-state index in [2.05, 4.69) is 5.32 Å². The molecule has 2 unspecified atom stereocenters. The normalized spacial score (nSPS) is 23.8. The lowest BCUT2D eigenvalue weighted by Gasteiger charge is -2.20. The van der Waals surface area contributed by atoms with Crippen molar-refractivity contribution < 1.29 is 22.3 Å². The van der Waals surface area contributed by atoms with Crippen LogP contribution < -0.4 is 5.32 Å². The lowest BCUT2D eigenvalue weighted by molar-refractivity contribution is -0.140. The number of halogens is 4. The average Bonchev–Trinajstić information content (AvgIpc) is 2.77. The Morgan fingerprint density at radius 3 is 2.74 bits per heavy atom. The van der Waals surface area contributed by atoms with E-state index in [1.54, 1.807) is 7.05 Å². The van der Waals surface area contributed by atoms with Crippen LogP contribution in [0.1, 0.15) is 23.7 Å². The first-order valence-electron chi connectivity index (χ1n) is 6.06. The molecular weight excluding hydrogens is 262 g/mol. The highest BCUT2D eigenvalue weighted by atomic mass is 19.4. The number of rotatable bonds is 3. The van der Waals surface area contributed by atoms with Gasteiger partial charge >= 0.3 is 6.18 Å². The number of hydrogen-bond donors (Lipinski definition) is 1. The van der Waals surface area contributed by atoms with Crippen LogP contribution in [0.5, 0.6) is 0 Å². The van der Waals surface area contributed by atoms with Crippen molar-refractivity contribution in [3.8, 4) is 0 Å². The Bertz CT molecular complexity index is 447. The van der Waals surface area contributed by atoms with Crippen molar-refractivity contribution in [3.05, 3.63) is 35.1 Å². The third kappa shape index (κ3) is 3.06. The van der Waals surface area contributed by atoms with E-state index in [9.17, 15) is 17.6 Å². The maximum Gasteiger partial charge on any atom is 0.419 e. The van der Waals surface area contributed by atoms with Gasteiger partial charge < -0.3 is 10.1 Å². The quantitative estimate of drug-likeness (QED) is 0.857. The highest BCUT2D eigenvalue weighted by Crippen LogP contribution is 2.38. The molecule has 6 heteroatoms. The first-order chi connectivity index (χ1) is 8.93. The number of ether oxygens (including phenoxy) is 1. The number of benzene rings is 1. The van der Waals surface area contributed by atoms with Gasteiger partial charge in [0.2, 0.25) is 0 Å². The highest BCUT2D eigenvalue weighted by molar-refractivity contribution is 5.29. The fourth-order valence-electron chi connectivity index (χ4n) is 2.41. The predicted octanol–water partition coefficient (Wildman–Crippen LogP) is 3.14. The highest BCUT2D eigenvalue weighted by Gasteiger charge is 2.36. The van der Waals surface area contributed by atoms with Gasteiger partial charge in [0.15, 0.2) is 0 Å². The lowest BCUT2D eigenvalue weighted by Crippen LogP contribution is -2.22. The second-order valence-corrected chi connectivity index (χ2v) is 4.63. The van der Waals surface area contributed by atoms with E-state index in [-0.39, 0.29) is 5.92 Å². The molecule has 0 spiro atoms. The zero-order valence-corrected chi connectivity index (χ0v) is 10.4. The molecule has 0 amide bonds. The maximum atomic E-state index is 13.2. The molecule has 0 radical (unpaired) electrons. The van der Waals surface area contributed by atoms with Gasteiger partial charge in [-0.25, -0.2) is 4.39 Å².